The Morgan fingerprint density at radius 3 is 2.58 bits per heavy atom. The summed E-state index contributed by atoms with van der Waals surface area (Å²) in [5.74, 6) is 0.635. The molecule has 0 rings (SSSR count). The first kappa shape index (κ1) is 11.2. The van der Waals surface area contributed by atoms with Gasteiger partial charge in [-0.15, -0.1) is 6.58 Å². The summed E-state index contributed by atoms with van der Waals surface area (Å²) >= 11 is 0. The molecule has 0 saturated carbocycles. The number of rotatable bonds is 6. The fraction of sp³-hybridized carbons (Fsp3) is 0.455. The lowest BCUT2D eigenvalue weighted by Crippen LogP contribution is -2.12. The minimum Gasteiger partial charge on any atom is -0.310 e. The normalized spacial score (nSPS) is 11.9. The van der Waals surface area contributed by atoms with Crippen LogP contribution in [0.2, 0.25) is 0 Å². The van der Waals surface area contributed by atoms with Gasteiger partial charge >= 0.3 is 0 Å². The van der Waals surface area contributed by atoms with Gasteiger partial charge in [0.15, 0.2) is 0 Å². The highest BCUT2D eigenvalue weighted by molar-refractivity contribution is 5.04. The second kappa shape index (κ2) is 8.28. The molecule has 0 saturated heterocycles. The van der Waals surface area contributed by atoms with E-state index >= 15 is 0 Å². The summed E-state index contributed by atoms with van der Waals surface area (Å²) in [7, 11) is 0. The second-order valence-electron chi connectivity index (χ2n) is 3.00. The summed E-state index contributed by atoms with van der Waals surface area (Å²) in [5, 5.41) is 3.18. The number of allylic oxidation sites excluding steroid dienone is 3. The quantitative estimate of drug-likeness (QED) is 0.362. The average Bonchev–Trinajstić information content (AvgIpc) is 2.02. The average molecular weight is 165 g/mol. The van der Waals surface area contributed by atoms with Crippen molar-refractivity contribution in [2.45, 2.75) is 13.8 Å². The summed E-state index contributed by atoms with van der Waals surface area (Å²) < 4.78 is 0. The van der Waals surface area contributed by atoms with E-state index in [2.05, 4.69) is 50.0 Å². The summed E-state index contributed by atoms with van der Waals surface area (Å²) in [6.45, 7) is 9.74. The molecule has 0 fully saturated rings. The van der Waals surface area contributed by atoms with Crippen LogP contribution in [-0.2, 0) is 0 Å². The van der Waals surface area contributed by atoms with Crippen LogP contribution >= 0.6 is 0 Å². The lowest BCUT2D eigenvalue weighted by atomic mass is 10.2. The largest absolute Gasteiger partial charge is 0.310 e. The highest BCUT2D eigenvalue weighted by Gasteiger charge is 1.79. The molecular formula is C11H19N. The van der Waals surface area contributed by atoms with Crippen LogP contribution in [0.1, 0.15) is 13.8 Å². The van der Waals surface area contributed by atoms with Crippen molar-refractivity contribution in [1.82, 2.24) is 5.32 Å². The van der Waals surface area contributed by atoms with E-state index in [1.165, 1.54) is 0 Å². The van der Waals surface area contributed by atoms with E-state index in [1.54, 1.807) is 0 Å². The van der Waals surface area contributed by atoms with Crippen LogP contribution in [0, 0.1) is 5.92 Å². The van der Waals surface area contributed by atoms with E-state index in [9.17, 15) is 0 Å². The van der Waals surface area contributed by atoms with Gasteiger partial charge in [-0.25, -0.2) is 0 Å². The molecule has 0 spiro atoms. The van der Waals surface area contributed by atoms with Crippen molar-refractivity contribution in [2.75, 3.05) is 13.1 Å². The maximum atomic E-state index is 3.62. The maximum absolute atomic E-state index is 3.62. The Morgan fingerprint density at radius 2 is 2.00 bits per heavy atom. The summed E-state index contributed by atoms with van der Waals surface area (Å²) in [5.41, 5.74) is 0. The van der Waals surface area contributed by atoms with Crippen molar-refractivity contribution in [3.05, 3.63) is 37.0 Å². The van der Waals surface area contributed by atoms with Gasteiger partial charge in [-0.2, -0.15) is 0 Å². The predicted octanol–water partition coefficient (Wildman–Crippen LogP) is 2.53. The van der Waals surface area contributed by atoms with Crippen molar-refractivity contribution in [3.63, 3.8) is 0 Å². The molecular weight excluding hydrogens is 146 g/mol. The first-order chi connectivity index (χ1) is 5.77. The smallest absolute Gasteiger partial charge is 0.0140 e. The number of nitrogens with one attached hydrogen (secondary N) is 1. The van der Waals surface area contributed by atoms with Crippen molar-refractivity contribution >= 4 is 0 Å². The molecule has 0 aliphatic carbocycles. The molecule has 1 N–H and O–H groups in total. The Bertz CT molecular complexity index is 154. The topological polar surface area (TPSA) is 12.0 Å². The first-order valence-electron chi connectivity index (χ1n) is 4.42. The van der Waals surface area contributed by atoms with Crippen LogP contribution in [0.4, 0.5) is 0 Å². The third-order valence-corrected chi connectivity index (χ3v) is 1.29. The van der Waals surface area contributed by atoms with Gasteiger partial charge in [0.1, 0.15) is 0 Å². The molecule has 0 heterocycles. The van der Waals surface area contributed by atoms with E-state index in [4.69, 9.17) is 0 Å². The Balaban J connectivity index is 3.30. The Kier molecular flexibility index (Phi) is 7.71. The van der Waals surface area contributed by atoms with Crippen LogP contribution in [-0.4, -0.2) is 13.1 Å². The Labute approximate surface area is 75.9 Å². The molecule has 0 amide bonds. The highest BCUT2D eigenvalue weighted by Crippen LogP contribution is 1.92. The molecule has 0 unspecified atom stereocenters. The standard InChI is InChI=1S/C11H19N/c1-4-9-12-10-7-5-6-8-11(2)3/h4-8,11-12H,1,9-10H2,2-3H3/b7-5+,8-6+. The highest BCUT2D eigenvalue weighted by atomic mass is 14.8. The molecule has 0 aromatic carbocycles. The molecule has 12 heavy (non-hydrogen) atoms. The van der Waals surface area contributed by atoms with E-state index in [0.29, 0.717) is 5.92 Å². The lowest BCUT2D eigenvalue weighted by Gasteiger charge is -1.92. The Morgan fingerprint density at radius 1 is 1.25 bits per heavy atom. The molecule has 0 aliphatic heterocycles. The summed E-state index contributed by atoms with van der Waals surface area (Å²) in [4.78, 5) is 0. The van der Waals surface area contributed by atoms with Gasteiger partial charge in [0.25, 0.3) is 0 Å². The van der Waals surface area contributed by atoms with Gasteiger partial charge in [0, 0.05) is 13.1 Å². The number of hydrogen-bond acceptors (Lipinski definition) is 1. The van der Waals surface area contributed by atoms with Gasteiger partial charge in [-0.1, -0.05) is 44.2 Å². The molecule has 0 aromatic rings. The van der Waals surface area contributed by atoms with Gasteiger partial charge in [0.2, 0.25) is 0 Å². The Hall–Kier alpha value is -0.820. The molecule has 0 atom stereocenters. The van der Waals surface area contributed by atoms with Crippen LogP contribution < -0.4 is 5.32 Å². The fourth-order valence-corrected chi connectivity index (χ4v) is 0.702. The second-order valence-corrected chi connectivity index (χ2v) is 3.00. The van der Waals surface area contributed by atoms with Crippen molar-refractivity contribution in [2.24, 2.45) is 5.92 Å². The minimum atomic E-state index is 0.635. The van der Waals surface area contributed by atoms with E-state index < -0.39 is 0 Å². The molecule has 1 nitrogen and oxygen atoms in total. The zero-order valence-corrected chi connectivity index (χ0v) is 8.09. The minimum absolute atomic E-state index is 0.635. The first-order valence-corrected chi connectivity index (χ1v) is 4.42. The predicted molar refractivity (Wildman–Crippen MR) is 56.2 cm³/mol. The van der Waals surface area contributed by atoms with Crippen LogP contribution in [0.5, 0.6) is 0 Å². The monoisotopic (exact) mass is 165 g/mol. The van der Waals surface area contributed by atoms with Gasteiger partial charge in [-0.05, 0) is 5.92 Å². The zero-order chi connectivity index (χ0) is 9.23. The number of hydrogen-bond donors (Lipinski definition) is 1. The molecule has 0 bridgehead atoms. The van der Waals surface area contributed by atoms with Gasteiger partial charge in [-0.3, -0.25) is 0 Å². The van der Waals surface area contributed by atoms with E-state index in [-0.39, 0.29) is 0 Å². The summed E-state index contributed by atoms with van der Waals surface area (Å²) in [6.07, 6.45) is 10.3. The van der Waals surface area contributed by atoms with E-state index in [0.717, 1.165) is 13.1 Å². The van der Waals surface area contributed by atoms with Crippen LogP contribution in [0.3, 0.4) is 0 Å². The van der Waals surface area contributed by atoms with Crippen LogP contribution in [0.25, 0.3) is 0 Å². The van der Waals surface area contributed by atoms with Gasteiger partial charge in [0.05, 0.1) is 0 Å². The molecule has 68 valence electrons. The van der Waals surface area contributed by atoms with Crippen molar-refractivity contribution in [1.29, 1.82) is 0 Å². The lowest BCUT2D eigenvalue weighted by molar-refractivity contribution is 0.830. The fourth-order valence-electron chi connectivity index (χ4n) is 0.702. The summed E-state index contributed by atoms with van der Waals surface area (Å²) in [6, 6.07) is 0. The molecule has 0 aliphatic rings. The molecule has 0 aromatic heterocycles. The molecule has 0 radical (unpaired) electrons. The van der Waals surface area contributed by atoms with Gasteiger partial charge < -0.3 is 5.32 Å². The van der Waals surface area contributed by atoms with Crippen molar-refractivity contribution in [3.8, 4) is 0 Å². The zero-order valence-electron chi connectivity index (χ0n) is 8.09. The molecule has 1 heteroatoms. The van der Waals surface area contributed by atoms with E-state index in [1.807, 2.05) is 6.08 Å². The SMILES string of the molecule is C=CCNC/C=C/C=C/C(C)C. The van der Waals surface area contributed by atoms with Crippen LogP contribution in [0.15, 0.2) is 37.0 Å². The third-order valence-electron chi connectivity index (χ3n) is 1.29. The van der Waals surface area contributed by atoms with Crippen molar-refractivity contribution < 1.29 is 0 Å². The maximum Gasteiger partial charge on any atom is 0.0140 e. The third kappa shape index (κ3) is 9.18.